The van der Waals surface area contributed by atoms with Gasteiger partial charge in [-0.05, 0) is 29.7 Å². The van der Waals surface area contributed by atoms with E-state index in [9.17, 15) is 9.59 Å². The molecule has 3 heterocycles. The summed E-state index contributed by atoms with van der Waals surface area (Å²) in [6.45, 7) is 1.36. The molecule has 1 aromatic carbocycles. The van der Waals surface area contributed by atoms with Crippen molar-refractivity contribution in [3.8, 4) is 0 Å². The molecule has 4 rings (SSSR count). The van der Waals surface area contributed by atoms with Crippen LogP contribution in [-0.2, 0) is 11.2 Å². The van der Waals surface area contributed by atoms with Crippen molar-refractivity contribution < 1.29 is 14.0 Å². The van der Waals surface area contributed by atoms with E-state index in [4.69, 9.17) is 4.42 Å². The number of furan rings is 1. The highest BCUT2D eigenvalue weighted by molar-refractivity contribution is 5.95. The van der Waals surface area contributed by atoms with Gasteiger partial charge in [0.05, 0.1) is 12.3 Å². The van der Waals surface area contributed by atoms with Crippen LogP contribution in [0.1, 0.15) is 27.7 Å². The first kappa shape index (κ1) is 13.1. The third-order valence-electron chi connectivity index (χ3n) is 4.47. The molecule has 1 atom stereocenters. The molecule has 0 radical (unpaired) electrons. The Hall–Kier alpha value is -2.56. The van der Waals surface area contributed by atoms with Crippen LogP contribution in [0.5, 0.6) is 0 Å². The Kier molecular flexibility index (Phi) is 2.99. The Balaban J connectivity index is 1.66. The molecule has 1 unspecified atom stereocenters. The molecule has 1 saturated heterocycles. The van der Waals surface area contributed by atoms with Gasteiger partial charge in [0.15, 0.2) is 5.76 Å². The van der Waals surface area contributed by atoms with Crippen molar-refractivity contribution in [3.63, 3.8) is 0 Å². The van der Waals surface area contributed by atoms with Crippen LogP contribution in [0, 0.1) is 0 Å². The summed E-state index contributed by atoms with van der Waals surface area (Å²) >= 11 is 0. The second-order valence-electron chi connectivity index (χ2n) is 5.71. The fourth-order valence-electron chi connectivity index (χ4n) is 3.39. The van der Waals surface area contributed by atoms with Crippen molar-refractivity contribution in [1.29, 1.82) is 0 Å². The molecule has 0 bridgehead atoms. The third-order valence-corrected chi connectivity index (χ3v) is 4.47. The molecule has 0 aliphatic carbocycles. The van der Waals surface area contributed by atoms with E-state index >= 15 is 0 Å². The van der Waals surface area contributed by atoms with E-state index in [1.54, 1.807) is 17.0 Å². The lowest BCUT2D eigenvalue weighted by molar-refractivity contribution is -0.139. The zero-order valence-electron chi connectivity index (χ0n) is 12.1. The van der Waals surface area contributed by atoms with Crippen LogP contribution in [0.3, 0.4) is 0 Å². The van der Waals surface area contributed by atoms with E-state index < -0.39 is 0 Å². The van der Waals surface area contributed by atoms with Gasteiger partial charge in [0.2, 0.25) is 5.91 Å². The summed E-state index contributed by atoms with van der Waals surface area (Å²) < 4.78 is 5.17. The van der Waals surface area contributed by atoms with Gasteiger partial charge < -0.3 is 14.2 Å². The minimum absolute atomic E-state index is 0.00524. The second-order valence-corrected chi connectivity index (χ2v) is 5.71. The summed E-state index contributed by atoms with van der Waals surface area (Å²) in [5.41, 5.74) is 2.42. The highest BCUT2D eigenvalue weighted by Crippen LogP contribution is 2.33. The molecule has 0 N–H and O–H groups in total. The standard InChI is InChI=1S/C17H16N2O3/c20-16-11-18(17(21)15-6-3-9-22-15)10-14-13-5-2-1-4-12(13)7-8-19(14)16/h1-6,9,14H,7-8,10-11H2. The van der Waals surface area contributed by atoms with Crippen molar-refractivity contribution in [2.45, 2.75) is 12.5 Å². The van der Waals surface area contributed by atoms with E-state index in [0.29, 0.717) is 6.54 Å². The Labute approximate surface area is 128 Å². The first-order valence-corrected chi connectivity index (χ1v) is 7.44. The van der Waals surface area contributed by atoms with Crippen molar-refractivity contribution in [3.05, 3.63) is 59.5 Å². The number of piperazine rings is 1. The van der Waals surface area contributed by atoms with Gasteiger partial charge in [0.1, 0.15) is 6.54 Å². The summed E-state index contributed by atoms with van der Waals surface area (Å²) in [6, 6.07) is 11.4. The second kappa shape index (κ2) is 5.02. The minimum atomic E-state index is -0.221. The molecule has 0 spiro atoms. The maximum Gasteiger partial charge on any atom is 0.290 e. The van der Waals surface area contributed by atoms with Crippen LogP contribution in [-0.4, -0.2) is 41.2 Å². The molecule has 2 aliphatic heterocycles. The Bertz CT molecular complexity index is 723. The predicted octanol–water partition coefficient (Wildman–Crippen LogP) is 1.86. The summed E-state index contributed by atoms with van der Waals surface area (Å²) in [7, 11) is 0. The van der Waals surface area contributed by atoms with Crippen molar-refractivity contribution >= 4 is 11.8 Å². The third kappa shape index (κ3) is 2.01. The van der Waals surface area contributed by atoms with E-state index in [2.05, 4.69) is 12.1 Å². The number of hydrogen-bond donors (Lipinski definition) is 0. The fraction of sp³-hybridized carbons (Fsp3) is 0.294. The van der Waals surface area contributed by atoms with Crippen molar-refractivity contribution in [2.75, 3.05) is 19.6 Å². The Morgan fingerprint density at radius 3 is 2.86 bits per heavy atom. The summed E-state index contributed by atoms with van der Waals surface area (Å²) in [5, 5.41) is 0. The number of carbonyl (C=O) groups is 2. The van der Waals surface area contributed by atoms with E-state index in [1.807, 2.05) is 17.0 Å². The SMILES string of the molecule is O=C(c1ccco1)N1CC(=O)N2CCc3ccccc3C2C1. The zero-order valence-corrected chi connectivity index (χ0v) is 12.1. The molecule has 22 heavy (non-hydrogen) atoms. The van der Waals surface area contributed by atoms with Crippen LogP contribution >= 0.6 is 0 Å². The number of fused-ring (bicyclic) bond motifs is 3. The van der Waals surface area contributed by atoms with Crippen molar-refractivity contribution in [2.24, 2.45) is 0 Å². The van der Waals surface area contributed by atoms with E-state index in [-0.39, 0.29) is 30.2 Å². The Morgan fingerprint density at radius 1 is 1.18 bits per heavy atom. The molecule has 112 valence electrons. The average molecular weight is 296 g/mol. The summed E-state index contributed by atoms with van der Waals surface area (Å²) in [5.74, 6) is 0.0667. The zero-order chi connectivity index (χ0) is 15.1. The largest absolute Gasteiger partial charge is 0.459 e. The smallest absolute Gasteiger partial charge is 0.290 e. The molecule has 1 aromatic heterocycles. The molecular weight excluding hydrogens is 280 g/mol. The van der Waals surface area contributed by atoms with Gasteiger partial charge in [-0.2, -0.15) is 0 Å². The number of hydrogen-bond acceptors (Lipinski definition) is 3. The summed E-state index contributed by atoms with van der Waals surface area (Å²) in [6.07, 6.45) is 2.35. The van der Waals surface area contributed by atoms with Gasteiger partial charge in [-0.1, -0.05) is 24.3 Å². The van der Waals surface area contributed by atoms with E-state index in [0.717, 1.165) is 18.5 Å². The fourth-order valence-corrected chi connectivity index (χ4v) is 3.39. The van der Waals surface area contributed by atoms with Gasteiger partial charge >= 0.3 is 0 Å². The topological polar surface area (TPSA) is 53.8 Å². The van der Waals surface area contributed by atoms with Crippen LogP contribution in [0.15, 0.2) is 47.1 Å². The maximum atomic E-state index is 12.5. The average Bonchev–Trinajstić information content (AvgIpc) is 3.08. The van der Waals surface area contributed by atoms with E-state index in [1.165, 1.54) is 11.8 Å². The van der Waals surface area contributed by atoms with Gasteiger partial charge in [-0.25, -0.2) is 0 Å². The molecule has 2 aromatic rings. The quantitative estimate of drug-likeness (QED) is 0.807. The lowest BCUT2D eigenvalue weighted by Crippen LogP contribution is -2.55. The first-order chi connectivity index (χ1) is 10.7. The predicted molar refractivity (Wildman–Crippen MR) is 79.2 cm³/mol. The molecule has 0 saturated carbocycles. The number of carbonyl (C=O) groups excluding carboxylic acids is 2. The van der Waals surface area contributed by atoms with Crippen LogP contribution < -0.4 is 0 Å². The molecule has 1 fully saturated rings. The van der Waals surface area contributed by atoms with Gasteiger partial charge in [0, 0.05) is 13.1 Å². The Morgan fingerprint density at radius 2 is 2.05 bits per heavy atom. The highest BCUT2D eigenvalue weighted by atomic mass is 16.3. The number of nitrogens with zero attached hydrogens (tertiary/aromatic N) is 2. The molecule has 2 amide bonds. The molecule has 5 nitrogen and oxygen atoms in total. The number of amides is 2. The monoisotopic (exact) mass is 296 g/mol. The van der Waals surface area contributed by atoms with Crippen molar-refractivity contribution in [1.82, 2.24) is 9.80 Å². The van der Waals surface area contributed by atoms with Crippen LogP contribution in [0.25, 0.3) is 0 Å². The van der Waals surface area contributed by atoms with Gasteiger partial charge in [-0.3, -0.25) is 9.59 Å². The van der Waals surface area contributed by atoms with Gasteiger partial charge in [0.25, 0.3) is 5.91 Å². The molecule has 5 heteroatoms. The molecule has 2 aliphatic rings. The molecular formula is C17H16N2O3. The number of rotatable bonds is 1. The lowest BCUT2D eigenvalue weighted by Gasteiger charge is -2.44. The first-order valence-electron chi connectivity index (χ1n) is 7.44. The lowest BCUT2D eigenvalue weighted by atomic mass is 9.90. The minimum Gasteiger partial charge on any atom is -0.459 e. The maximum absolute atomic E-state index is 12.5. The van der Waals surface area contributed by atoms with Crippen LogP contribution in [0.2, 0.25) is 0 Å². The van der Waals surface area contributed by atoms with Crippen LogP contribution in [0.4, 0.5) is 0 Å². The summed E-state index contributed by atoms with van der Waals surface area (Å²) in [4.78, 5) is 28.4. The normalized spacial score (nSPS) is 20.5. The number of benzene rings is 1. The van der Waals surface area contributed by atoms with Gasteiger partial charge in [-0.15, -0.1) is 0 Å². The highest BCUT2D eigenvalue weighted by Gasteiger charge is 2.38.